The number of phenols is 1. The van der Waals surface area contributed by atoms with Gasteiger partial charge >= 0.3 is 0 Å². The first-order valence-electron chi connectivity index (χ1n) is 6.54. The summed E-state index contributed by atoms with van der Waals surface area (Å²) in [7, 11) is 0. The Morgan fingerprint density at radius 3 is 2.82 bits per heavy atom. The van der Waals surface area contributed by atoms with Crippen LogP contribution in [0, 0.1) is 12.7 Å². The maximum absolute atomic E-state index is 13.0. The van der Waals surface area contributed by atoms with Crippen LogP contribution in [0.1, 0.15) is 27.0 Å². The van der Waals surface area contributed by atoms with Crippen LogP contribution in [0.4, 0.5) is 4.39 Å². The van der Waals surface area contributed by atoms with E-state index in [1.807, 2.05) is 0 Å². The molecule has 0 heterocycles. The number of aliphatic hydroxyl groups is 1. The Morgan fingerprint density at radius 2 is 2.14 bits per heavy atom. The van der Waals surface area contributed by atoms with Gasteiger partial charge < -0.3 is 10.2 Å². The van der Waals surface area contributed by atoms with Crippen LogP contribution in [0.2, 0.25) is 0 Å². The van der Waals surface area contributed by atoms with Crippen molar-refractivity contribution in [1.82, 2.24) is 5.43 Å². The Morgan fingerprint density at radius 1 is 1.36 bits per heavy atom. The second kappa shape index (κ2) is 6.82. The lowest BCUT2D eigenvalue weighted by molar-refractivity contribution is 0.0954. The number of aromatic hydroxyl groups is 1. The highest BCUT2D eigenvalue weighted by Crippen LogP contribution is 2.23. The number of amides is 1. The molecular formula is C16H15FN2O3. The summed E-state index contributed by atoms with van der Waals surface area (Å²) in [6.07, 6.45) is 1.24. The van der Waals surface area contributed by atoms with Crippen LogP contribution in [0.15, 0.2) is 41.5 Å². The Balaban J connectivity index is 2.16. The summed E-state index contributed by atoms with van der Waals surface area (Å²) in [4.78, 5) is 11.8. The molecule has 0 aromatic heterocycles. The SMILES string of the molecule is Cc1ccc(CO)c(/C=N\NC(=O)c2cccc(F)c2)c1O. The fraction of sp³-hybridized carbons (Fsp3) is 0.125. The lowest BCUT2D eigenvalue weighted by atomic mass is 10.0. The average Bonchev–Trinajstić information content (AvgIpc) is 2.51. The zero-order valence-electron chi connectivity index (χ0n) is 11.9. The second-order valence-corrected chi connectivity index (χ2v) is 4.67. The van der Waals surface area contributed by atoms with E-state index in [1.54, 1.807) is 19.1 Å². The van der Waals surface area contributed by atoms with Crippen LogP contribution in [0.5, 0.6) is 5.75 Å². The number of nitrogens with one attached hydrogen (secondary N) is 1. The van der Waals surface area contributed by atoms with E-state index in [-0.39, 0.29) is 17.9 Å². The molecule has 0 saturated heterocycles. The molecule has 2 aromatic carbocycles. The van der Waals surface area contributed by atoms with E-state index in [0.717, 1.165) is 6.07 Å². The van der Waals surface area contributed by atoms with E-state index >= 15 is 0 Å². The summed E-state index contributed by atoms with van der Waals surface area (Å²) in [5.74, 6) is -1.11. The maximum atomic E-state index is 13.0. The van der Waals surface area contributed by atoms with Crippen molar-refractivity contribution < 1.29 is 19.4 Å². The normalized spacial score (nSPS) is 10.9. The fourth-order valence-corrected chi connectivity index (χ4v) is 1.89. The van der Waals surface area contributed by atoms with E-state index < -0.39 is 11.7 Å². The highest BCUT2D eigenvalue weighted by molar-refractivity contribution is 5.95. The monoisotopic (exact) mass is 302 g/mol. The number of carbonyl (C=O) groups is 1. The molecule has 5 nitrogen and oxygen atoms in total. The van der Waals surface area contributed by atoms with Crippen LogP contribution in [-0.2, 0) is 6.61 Å². The van der Waals surface area contributed by atoms with E-state index in [2.05, 4.69) is 10.5 Å². The Kier molecular flexibility index (Phi) is 4.85. The Bertz CT molecular complexity index is 729. The zero-order chi connectivity index (χ0) is 16.1. The number of phenolic OH excluding ortho intramolecular Hbond substituents is 1. The van der Waals surface area contributed by atoms with E-state index in [0.29, 0.717) is 16.7 Å². The van der Waals surface area contributed by atoms with Crippen molar-refractivity contribution in [1.29, 1.82) is 0 Å². The number of carbonyl (C=O) groups excluding carboxylic acids is 1. The molecule has 0 aliphatic rings. The third kappa shape index (κ3) is 3.48. The number of aryl methyl sites for hydroxylation is 1. The van der Waals surface area contributed by atoms with Gasteiger partial charge in [0.1, 0.15) is 11.6 Å². The molecule has 0 fully saturated rings. The molecule has 0 bridgehead atoms. The number of nitrogens with zero attached hydrogens (tertiary/aromatic N) is 1. The first-order valence-corrected chi connectivity index (χ1v) is 6.54. The third-order valence-electron chi connectivity index (χ3n) is 3.13. The summed E-state index contributed by atoms with van der Waals surface area (Å²) in [5, 5.41) is 23.0. The van der Waals surface area contributed by atoms with Crippen molar-refractivity contribution in [3.05, 3.63) is 64.5 Å². The van der Waals surface area contributed by atoms with Gasteiger partial charge in [0, 0.05) is 11.1 Å². The van der Waals surface area contributed by atoms with Crippen LogP contribution < -0.4 is 5.43 Å². The molecule has 0 unspecified atom stereocenters. The van der Waals surface area contributed by atoms with E-state index in [9.17, 15) is 19.4 Å². The first-order chi connectivity index (χ1) is 10.5. The van der Waals surface area contributed by atoms with Crippen molar-refractivity contribution in [2.75, 3.05) is 0 Å². The molecule has 0 saturated carbocycles. The predicted octanol–water partition coefficient (Wildman–Crippen LogP) is 2.10. The molecule has 2 rings (SSSR count). The number of hydrazone groups is 1. The minimum atomic E-state index is -0.576. The van der Waals surface area contributed by atoms with Gasteiger partial charge in [0.15, 0.2) is 0 Å². The van der Waals surface area contributed by atoms with Crippen LogP contribution >= 0.6 is 0 Å². The smallest absolute Gasteiger partial charge is 0.271 e. The largest absolute Gasteiger partial charge is 0.507 e. The minimum absolute atomic E-state index is 0.0182. The number of benzene rings is 2. The van der Waals surface area contributed by atoms with Gasteiger partial charge in [0.05, 0.1) is 12.8 Å². The van der Waals surface area contributed by atoms with Gasteiger partial charge in [-0.15, -0.1) is 0 Å². The molecule has 2 aromatic rings. The Labute approximate surface area is 126 Å². The quantitative estimate of drug-likeness (QED) is 0.597. The highest BCUT2D eigenvalue weighted by atomic mass is 19.1. The molecule has 22 heavy (non-hydrogen) atoms. The van der Waals surface area contributed by atoms with Gasteiger partial charge in [-0.1, -0.05) is 18.2 Å². The summed E-state index contributed by atoms with van der Waals surface area (Å²) < 4.78 is 13.0. The molecule has 1 amide bonds. The van der Waals surface area contributed by atoms with Gasteiger partial charge in [-0.25, -0.2) is 9.82 Å². The van der Waals surface area contributed by atoms with Gasteiger partial charge in [-0.2, -0.15) is 5.10 Å². The molecular weight excluding hydrogens is 287 g/mol. The third-order valence-corrected chi connectivity index (χ3v) is 3.13. The summed E-state index contributed by atoms with van der Waals surface area (Å²) in [6, 6.07) is 8.53. The lowest BCUT2D eigenvalue weighted by Crippen LogP contribution is -2.17. The first kappa shape index (κ1) is 15.7. The van der Waals surface area contributed by atoms with Crippen LogP contribution in [-0.4, -0.2) is 22.3 Å². The standard InChI is InChI=1S/C16H15FN2O3/c1-10-5-6-12(9-20)14(15(10)21)8-18-19-16(22)11-3-2-4-13(17)7-11/h2-8,20-21H,9H2,1H3,(H,19,22)/b18-8-. The number of rotatable bonds is 4. The minimum Gasteiger partial charge on any atom is -0.507 e. The Hall–Kier alpha value is -2.73. The predicted molar refractivity (Wildman–Crippen MR) is 80.2 cm³/mol. The topological polar surface area (TPSA) is 81.9 Å². The van der Waals surface area contributed by atoms with Crippen molar-refractivity contribution >= 4 is 12.1 Å². The van der Waals surface area contributed by atoms with Gasteiger partial charge in [0.25, 0.3) is 5.91 Å². The molecule has 0 aliphatic carbocycles. The van der Waals surface area contributed by atoms with Gasteiger partial charge in [-0.05, 0) is 36.2 Å². The van der Waals surface area contributed by atoms with Crippen molar-refractivity contribution in [3.63, 3.8) is 0 Å². The van der Waals surface area contributed by atoms with Crippen molar-refractivity contribution in [3.8, 4) is 5.75 Å². The lowest BCUT2D eigenvalue weighted by Gasteiger charge is -2.07. The molecule has 114 valence electrons. The zero-order valence-corrected chi connectivity index (χ0v) is 11.9. The number of hydrogen-bond donors (Lipinski definition) is 3. The molecule has 0 atom stereocenters. The van der Waals surface area contributed by atoms with Gasteiger partial charge in [0.2, 0.25) is 0 Å². The molecule has 3 N–H and O–H groups in total. The van der Waals surface area contributed by atoms with Crippen LogP contribution in [0.3, 0.4) is 0 Å². The number of aliphatic hydroxyl groups excluding tert-OH is 1. The fourth-order valence-electron chi connectivity index (χ4n) is 1.89. The average molecular weight is 302 g/mol. The second-order valence-electron chi connectivity index (χ2n) is 4.67. The summed E-state index contributed by atoms with van der Waals surface area (Å²) in [5.41, 5.74) is 3.80. The van der Waals surface area contributed by atoms with Gasteiger partial charge in [-0.3, -0.25) is 4.79 Å². The maximum Gasteiger partial charge on any atom is 0.271 e. The summed E-state index contributed by atoms with van der Waals surface area (Å²) in [6.45, 7) is 1.44. The molecule has 0 radical (unpaired) electrons. The van der Waals surface area contributed by atoms with Crippen molar-refractivity contribution in [2.24, 2.45) is 5.10 Å². The highest BCUT2D eigenvalue weighted by Gasteiger charge is 2.09. The van der Waals surface area contributed by atoms with Crippen molar-refractivity contribution in [2.45, 2.75) is 13.5 Å². The van der Waals surface area contributed by atoms with E-state index in [1.165, 1.54) is 24.4 Å². The molecule has 6 heteroatoms. The van der Waals surface area contributed by atoms with Crippen LogP contribution in [0.25, 0.3) is 0 Å². The molecule has 0 aliphatic heterocycles. The van der Waals surface area contributed by atoms with E-state index in [4.69, 9.17) is 0 Å². The molecule has 0 spiro atoms. The number of halogens is 1. The number of hydrogen-bond acceptors (Lipinski definition) is 4. The summed E-state index contributed by atoms with van der Waals surface area (Å²) >= 11 is 0.